The minimum absolute atomic E-state index is 0.712. The number of nitrogens with zero attached hydrogens (tertiary/aromatic N) is 4. The van der Waals surface area contributed by atoms with Crippen LogP contribution in [0.25, 0.3) is 0 Å². The van der Waals surface area contributed by atoms with Crippen molar-refractivity contribution in [2.24, 2.45) is 10.2 Å². The third kappa shape index (κ3) is 4.37. The predicted molar refractivity (Wildman–Crippen MR) is 186 cm³/mol. The number of hydrogen-bond donors (Lipinski definition) is 0. The van der Waals surface area contributed by atoms with Gasteiger partial charge in [-0.25, -0.2) is 0 Å². The molecule has 0 aromatic heterocycles. The van der Waals surface area contributed by atoms with Gasteiger partial charge < -0.3 is 9.80 Å². The lowest BCUT2D eigenvalue weighted by molar-refractivity contribution is 1.09. The molecule has 3 aliphatic heterocycles. The lowest BCUT2D eigenvalue weighted by Crippen LogP contribution is -2.18. The Bertz CT molecular complexity index is 1900. The largest absolute Gasteiger partial charge is 0.310 e. The number of para-hydroxylation sites is 4. The molecule has 3 heterocycles. The van der Waals surface area contributed by atoms with E-state index in [0.29, 0.717) is 6.42 Å². The topological polar surface area (TPSA) is 31.2 Å². The molecule has 0 amide bonds. The van der Waals surface area contributed by atoms with Crippen LogP contribution in [-0.2, 0) is 12.8 Å². The van der Waals surface area contributed by atoms with Crippen LogP contribution in [0.1, 0.15) is 39.8 Å². The minimum Gasteiger partial charge on any atom is -0.310 e. The number of rotatable bonds is 4. The first-order chi connectivity index (χ1) is 22.3. The molecule has 3 aliphatic rings. The molecule has 0 atom stereocenters. The van der Waals surface area contributed by atoms with Crippen molar-refractivity contribution in [2.75, 3.05) is 9.80 Å². The highest BCUT2D eigenvalue weighted by molar-refractivity contribution is 6.20. The van der Waals surface area contributed by atoms with Crippen molar-refractivity contribution < 1.29 is 0 Å². The van der Waals surface area contributed by atoms with Gasteiger partial charge in [0.25, 0.3) is 0 Å². The molecular formula is C41H30N4. The van der Waals surface area contributed by atoms with Gasteiger partial charge in [0, 0.05) is 53.4 Å². The molecule has 0 unspecified atom stereocenters. The maximum Gasteiger partial charge on any atom is 0.0763 e. The van der Waals surface area contributed by atoms with E-state index in [4.69, 9.17) is 0 Å². The van der Waals surface area contributed by atoms with Crippen molar-refractivity contribution in [3.8, 4) is 0 Å². The second-order valence-electron chi connectivity index (χ2n) is 11.9. The fraction of sp³-hybridized carbons (Fsp3) is 0.0732. The summed E-state index contributed by atoms with van der Waals surface area (Å²) in [5, 5.41) is 9.26. The van der Waals surface area contributed by atoms with Gasteiger partial charge in [-0.3, -0.25) is 0 Å². The van der Waals surface area contributed by atoms with Gasteiger partial charge in [0.1, 0.15) is 0 Å². The molecule has 0 spiro atoms. The minimum atomic E-state index is 0.712. The molecule has 9 rings (SSSR count). The maximum atomic E-state index is 4.63. The van der Waals surface area contributed by atoms with E-state index in [1.54, 1.807) is 0 Å². The number of fused-ring (bicyclic) bond motifs is 4. The second kappa shape index (κ2) is 10.5. The Morgan fingerprint density at radius 1 is 0.333 bits per heavy atom. The highest BCUT2D eigenvalue weighted by Crippen LogP contribution is 2.45. The summed E-state index contributed by atoms with van der Waals surface area (Å²) in [6.07, 6.45) is 2.62. The van der Waals surface area contributed by atoms with Crippen molar-refractivity contribution in [1.29, 1.82) is 0 Å². The van der Waals surface area contributed by atoms with Gasteiger partial charge in [0.05, 0.1) is 11.4 Å². The smallest absolute Gasteiger partial charge is 0.0763 e. The lowest BCUT2D eigenvalue weighted by Gasteiger charge is -2.33. The Labute approximate surface area is 263 Å². The Balaban J connectivity index is 0.955. The third-order valence-corrected chi connectivity index (χ3v) is 9.24. The first-order valence-electron chi connectivity index (χ1n) is 15.6. The summed E-state index contributed by atoms with van der Waals surface area (Å²) in [5.74, 6) is 0. The zero-order chi connectivity index (χ0) is 29.7. The molecular weight excluding hydrogens is 548 g/mol. The van der Waals surface area contributed by atoms with Crippen LogP contribution in [-0.4, -0.2) is 11.4 Å². The number of anilines is 6. The second-order valence-corrected chi connectivity index (χ2v) is 11.9. The van der Waals surface area contributed by atoms with Gasteiger partial charge in [-0.1, -0.05) is 97.1 Å². The van der Waals surface area contributed by atoms with E-state index >= 15 is 0 Å². The SMILES string of the molecule is c1ccc2c(c1)Cc1ccccc1N2c1ccc(C2=NN=C(c3ccc(N4c5ccccc5Cc5ccccc54)cc3)C2)cc1. The summed E-state index contributed by atoms with van der Waals surface area (Å²) in [4.78, 5) is 4.74. The molecule has 0 N–H and O–H groups in total. The molecule has 6 aromatic carbocycles. The van der Waals surface area contributed by atoms with E-state index in [-0.39, 0.29) is 0 Å². The lowest BCUT2D eigenvalue weighted by atomic mass is 9.94. The van der Waals surface area contributed by atoms with Gasteiger partial charge in [-0.05, 0) is 81.9 Å². The van der Waals surface area contributed by atoms with Crippen LogP contribution >= 0.6 is 0 Å². The van der Waals surface area contributed by atoms with Gasteiger partial charge in [-0.2, -0.15) is 10.2 Å². The molecule has 0 aliphatic carbocycles. The first-order valence-corrected chi connectivity index (χ1v) is 15.6. The molecule has 0 saturated heterocycles. The summed E-state index contributed by atoms with van der Waals surface area (Å²) >= 11 is 0. The van der Waals surface area contributed by atoms with Crippen LogP contribution in [0.2, 0.25) is 0 Å². The van der Waals surface area contributed by atoms with Crippen LogP contribution in [0.3, 0.4) is 0 Å². The highest BCUT2D eigenvalue weighted by Gasteiger charge is 2.25. The summed E-state index contributed by atoms with van der Waals surface area (Å²) in [6.45, 7) is 0. The van der Waals surface area contributed by atoms with Gasteiger partial charge in [-0.15, -0.1) is 0 Å². The van der Waals surface area contributed by atoms with Crippen LogP contribution < -0.4 is 9.80 Å². The fourth-order valence-electron chi connectivity index (χ4n) is 7.02. The normalized spacial score (nSPS) is 14.6. The predicted octanol–water partition coefficient (Wildman–Crippen LogP) is 10.0. The van der Waals surface area contributed by atoms with E-state index in [1.807, 2.05) is 0 Å². The monoisotopic (exact) mass is 578 g/mol. The van der Waals surface area contributed by atoms with E-state index in [9.17, 15) is 0 Å². The summed E-state index contributed by atoms with van der Waals surface area (Å²) in [5.41, 5.74) is 16.9. The molecule has 0 bridgehead atoms. The zero-order valence-electron chi connectivity index (χ0n) is 24.8. The molecule has 0 saturated carbocycles. The molecule has 0 radical (unpaired) electrons. The molecule has 4 heteroatoms. The molecule has 45 heavy (non-hydrogen) atoms. The van der Waals surface area contributed by atoms with Crippen LogP contribution in [0.4, 0.5) is 34.1 Å². The summed E-state index contributed by atoms with van der Waals surface area (Å²) in [6, 6.07) is 52.3. The third-order valence-electron chi connectivity index (χ3n) is 9.24. The Morgan fingerprint density at radius 2 is 0.644 bits per heavy atom. The Morgan fingerprint density at radius 3 is 0.978 bits per heavy atom. The fourth-order valence-corrected chi connectivity index (χ4v) is 7.02. The van der Waals surface area contributed by atoms with Crippen LogP contribution in [0.15, 0.2) is 156 Å². The van der Waals surface area contributed by atoms with E-state index in [0.717, 1.165) is 46.8 Å². The van der Waals surface area contributed by atoms with Gasteiger partial charge in [0.2, 0.25) is 0 Å². The van der Waals surface area contributed by atoms with E-state index in [2.05, 4.69) is 166 Å². The van der Waals surface area contributed by atoms with Gasteiger partial charge in [0.15, 0.2) is 0 Å². The molecule has 4 nitrogen and oxygen atoms in total. The standard InChI is InChI=1S/C41H30N4/c1-5-13-38-30(9-1)25-31-10-2-6-14-39(31)44(38)34-21-17-28(18-22-34)36-27-37(43-42-36)29-19-23-35(24-20-29)45-40-15-7-3-11-32(40)26-33-12-4-8-16-41(33)45/h1-24H,25-27H2. The Hall–Kier alpha value is -5.74. The van der Waals surface area contributed by atoms with Crippen molar-refractivity contribution in [3.05, 3.63) is 179 Å². The van der Waals surface area contributed by atoms with Crippen molar-refractivity contribution >= 4 is 45.5 Å². The van der Waals surface area contributed by atoms with E-state index < -0.39 is 0 Å². The average Bonchev–Trinajstić information content (AvgIpc) is 3.60. The molecule has 6 aromatic rings. The van der Waals surface area contributed by atoms with Crippen molar-refractivity contribution in [1.82, 2.24) is 0 Å². The summed E-state index contributed by atoms with van der Waals surface area (Å²) < 4.78 is 0. The molecule has 0 fully saturated rings. The molecule has 214 valence electrons. The average molecular weight is 579 g/mol. The zero-order valence-corrected chi connectivity index (χ0v) is 24.8. The van der Waals surface area contributed by atoms with Crippen LogP contribution in [0, 0.1) is 0 Å². The maximum absolute atomic E-state index is 4.63. The van der Waals surface area contributed by atoms with Crippen LogP contribution in [0.5, 0.6) is 0 Å². The number of benzene rings is 6. The highest BCUT2D eigenvalue weighted by atomic mass is 15.2. The first kappa shape index (κ1) is 25.7. The van der Waals surface area contributed by atoms with Gasteiger partial charge >= 0.3 is 0 Å². The Kier molecular flexibility index (Phi) is 5.98. The van der Waals surface area contributed by atoms with E-state index in [1.165, 1.54) is 45.0 Å². The number of hydrogen-bond acceptors (Lipinski definition) is 4. The van der Waals surface area contributed by atoms with Crippen molar-refractivity contribution in [2.45, 2.75) is 19.3 Å². The summed E-state index contributed by atoms with van der Waals surface area (Å²) in [7, 11) is 0. The van der Waals surface area contributed by atoms with Crippen molar-refractivity contribution in [3.63, 3.8) is 0 Å². The quantitative estimate of drug-likeness (QED) is 0.208.